The van der Waals surface area contributed by atoms with Crippen LogP contribution in [-0.2, 0) is 6.67 Å². The van der Waals surface area contributed by atoms with Crippen molar-refractivity contribution in [1.29, 1.82) is 0 Å². The molecule has 4 rings (SSSR count). The van der Waals surface area contributed by atoms with Gasteiger partial charge in [0.2, 0.25) is 0 Å². The molecule has 25 heavy (non-hydrogen) atoms. The molecule has 0 saturated carbocycles. The van der Waals surface area contributed by atoms with E-state index in [4.69, 9.17) is 0 Å². The smallest absolute Gasteiger partial charge is 0.271 e. The summed E-state index contributed by atoms with van der Waals surface area (Å²) in [6.45, 7) is 5.29. The molecule has 126 valence electrons. The molecule has 0 N–H and O–H groups in total. The molecule has 2 aromatic heterocycles. The van der Waals surface area contributed by atoms with E-state index in [2.05, 4.69) is 46.9 Å². The van der Waals surface area contributed by atoms with E-state index < -0.39 is 0 Å². The van der Waals surface area contributed by atoms with E-state index in [1.54, 1.807) is 17.0 Å². The van der Waals surface area contributed by atoms with Crippen molar-refractivity contribution in [3.63, 3.8) is 0 Å². The summed E-state index contributed by atoms with van der Waals surface area (Å²) in [6, 6.07) is 10.1. The van der Waals surface area contributed by atoms with Gasteiger partial charge in [-0.15, -0.1) is 0 Å². The Labute approximate surface area is 149 Å². The second kappa shape index (κ2) is 6.29. The third-order valence-electron chi connectivity index (χ3n) is 4.41. The Morgan fingerprint density at radius 1 is 1.20 bits per heavy atom. The number of benzene rings is 1. The van der Waals surface area contributed by atoms with Gasteiger partial charge in [-0.1, -0.05) is 23.5 Å². The maximum absolute atomic E-state index is 12.8. The van der Waals surface area contributed by atoms with Crippen LogP contribution in [0.3, 0.4) is 0 Å². The Balaban J connectivity index is 1.72. The molecule has 0 atom stereocenters. The minimum absolute atomic E-state index is 0.00105. The molecule has 0 aliphatic carbocycles. The number of hydrogen-bond donors (Lipinski definition) is 0. The third kappa shape index (κ3) is 3.00. The molecular weight excluding hydrogens is 332 g/mol. The van der Waals surface area contributed by atoms with Crippen molar-refractivity contribution in [3.8, 4) is 0 Å². The largest absolute Gasteiger partial charge is 0.334 e. The predicted octanol–water partition coefficient (Wildman–Crippen LogP) is 1.81. The molecule has 5 nitrogen and oxygen atoms in total. The van der Waals surface area contributed by atoms with Crippen molar-refractivity contribution in [2.45, 2.75) is 20.5 Å². The summed E-state index contributed by atoms with van der Waals surface area (Å²) in [5, 5.41) is 0. The summed E-state index contributed by atoms with van der Waals surface area (Å²) in [4.78, 5) is 24.3. The fraction of sp³-hybridized carbons (Fsp3) is 0.211. The van der Waals surface area contributed by atoms with E-state index in [9.17, 15) is 4.79 Å². The van der Waals surface area contributed by atoms with Crippen molar-refractivity contribution in [2.75, 3.05) is 11.6 Å². The lowest BCUT2D eigenvalue weighted by molar-refractivity contribution is 0.569. The highest BCUT2D eigenvalue weighted by Gasteiger charge is 2.16. The number of aromatic nitrogens is 2. The Bertz CT molecular complexity index is 1100. The summed E-state index contributed by atoms with van der Waals surface area (Å²) in [5.41, 5.74) is 4.52. The first kappa shape index (κ1) is 15.8. The average Bonchev–Trinajstić information content (AvgIpc) is 2.94. The number of fused-ring (bicyclic) bond motifs is 1. The third-order valence-corrected chi connectivity index (χ3v) is 5.46. The molecule has 0 radical (unpaired) electrons. The number of thiazole rings is 1. The molecule has 0 bridgehead atoms. The Kier molecular flexibility index (Phi) is 3.97. The molecule has 0 saturated heterocycles. The maximum atomic E-state index is 12.8. The lowest BCUT2D eigenvalue weighted by Gasteiger charge is -2.26. The fourth-order valence-corrected chi connectivity index (χ4v) is 3.77. The summed E-state index contributed by atoms with van der Waals surface area (Å²) in [6.07, 6.45) is 5.35. The summed E-state index contributed by atoms with van der Waals surface area (Å²) in [5.74, 6) is 0. The summed E-state index contributed by atoms with van der Waals surface area (Å²) in [7, 11) is 0. The van der Waals surface area contributed by atoms with Crippen LogP contribution in [0.4, 0.5) is 5.69 Å². The normalized spacial score (nSPS) is 14.3. The first-order chi connectivity index (χ1) is 12.1. The van der Waals surface area contributed by atoms with E-state index in [-0.39, 0.29) is 5.56 Å². The molecule has 1 aromatic carbocycles. The van der Waals surface area contributed by atoms with Crippen molar-refractivity contribution in [1.82, 2.24) is 9.55 Å². The quantitative estimate of drug-likeness (QED) is 0.708. The number of aryl methyl sites for hydroxylation is 2. The second-order valence-electron chi connectivity index (χ2n) is 6.16. The molecule has 0 unspecified atom stereocenters. The number of nitrogens with zero attached hydrogens (tertiary/aromatic N) is 4. The average molecular weight is 350 g/mol. The van der Waals surface area contributed by atoms with Crippen LogP contribution in [0.5, 0.6) is 0 Å². The van der Waals surface area contributed by atoms with Gasteiger partial charge in [-0.25, -0.2) is 4.99 Å². The van der Waals surface area contributed by atoms with Gasteiger partial charge in [0.05, 0.1) is 4.53 Å². The van der Waals surface area contributed by atoms with Crippen LogP contribution in [0.2, 0.25) is 0 Å². The van der Waals surface area contributed by atoms with Crippen LogP contribution in [-0.4, -0.2) is 16.2 Å². The zero-order chi connectivity index (χ0) is 17.4. The van der Waals surface area contributed by atoms with Crippen molar-refractivity contribution >= 4 is 23.1 Å². The number of rotatable bonds is 2. The topological polar surface area (TPSA) is 50.5 Å². The molecular formula is C19H18N4OS. The van der Waals surface area contributed by atoms with E-state index in [1.165, 1.54) is 22.5 Å². The SMILES string of the molecule is Cc1ccc(N2CN=c3sc(=Cc4cccnc4)c(=O)n3C2)cc1C. The van der Waals surface area contributed by atoms with E-state index in [0.29, 0.717) is 17.9 Å². The van der Waals surface area contributed by atoms with E-state index in [0.717, 1.165) is 16.1 Å². The van der Waals surface area contributed by atoms with Crippen LogP contribution < -0.4 is 19.8 Å². The minimum Gasteiger partial charge on any atom is -0.334 e. The van der Waals surface area contributed by atoms with Gasteiger partial charge in [-0.2, -0.15) is 0 Å². The number of hydrogen-bond acceptors (Lipinski definition) is 5. The van der Waals surface area contributed by atoms with Gasteiger partial charge < -0.3 is 4.90 Å². The summed E-state index contributed by atoms with van der Waals surface area (Å²) >= 11 is 1.43. The Hall–Kier alpha value is -2.73. The molecule has 0 spiro atoms. The van der Waals surface area contributed by atoms with Gasteiger partial charge in [0.15, 0.2) is 4.80 Å². The molecule has 1 aliphatic rings. The zero-order valence-electron chi connectivity index (χ0n) is 14.1. The second-order valence-corrected chi connectivity index (χ2v) is 7.17. The van der Waals surface area contributed by atoms with Crippen LogP contribution >= 0.6 is 11.3 Å². The van der Waals surface area contributed by atoms with Crippen molar-refractivity contribution < 1.29 is 0 Å². The van der Waals surface area contributed by atoms with Crippen LogP contribution in [0, 0.1) is 13.8 Å². The van der Waals surface area contributed by atoms with Gasteiger partial charge in [0.1, 0.15) is 13.3 Å². The Morgan fingerprint density at radius 3 is 2.84 bits per heavy atom. The highest BCUT2D eigenvalue weighted by Crippen LogP contribution is 2.19. The maximum Gasteiger partial charge on any atom is 0.271 e. The van der Waals surface area contributed by atoms with Gasteiger partial charge in [0.25, 0.3) is 5.56 Å². The standard InChI is InChI=1S/C19H18N4OS/c1-13-5-6-16(8-14(13)2)22-11-21-19-23(12-22)18(24)17(25-19)9-15-4-3-7-20-10-15/h3-10H,11-12H2,1-2H3. The Morgan fingerprint density at radius 2 is 2.08 bits per heavy atom. The highest BCUT2D eigenvalue weighted by molar-refractivity contribution is 7.07. The molecule has 3 aromatic rings. The van der Waals surface area contributed by atoms with Gasteiger partial charge >= 0.3 is 0 Å². The van der Waals surface area contributed by atoms with E-state index in [1.807, 2.05) is 18.2 Å². The van der Waals surface area contributed by atoms with Crippen LogP contribution in [0.15, 0.2) is 52.5 Å². The zero-order valence-corrected chi connectivity index (χ0v) is 15.0. The number of anilines is 1. The van der Waals surface area contributed by atoms with Crippen LogP contribution in [0.1, 0.15) is 16.7 Å². The molecule has 6 heteroatoms. The first-order valence-electron chi connectivity index (χ1n) is 8.10. The molecule has 3 heterocycles. The van der Waals surface area contributed by atoms with Crippen molar-refractivity contribution in [2.24, 2.45) is 4.99 Å². The first-order valence-corrected chi connectivity index (χ1v) is 8.91. The minimum atomic E-state index is 0.00105. The predicted molar refractivity (Wildman–Crippen MR) is 100 cm³/mol. The lowest BCUT2D eigenvalue weighted by atomic mass is 10.1. The van der Waals surface area contributed by atoms with Gasteiger partial charge in [0, 0.05) is 18.1 Å². The highest BCUT2D eigenvalue weighted by atomic mass is 32.1. The van der Waals surface area contributed by atoms with Gasteiger partial charge in [-0.05, 0) is 54.8 Å². The van der Waals surface area contributed by atoms with Crippen molar-refractivity contribution in [3.05, 3.63) is 79.1 Å². The molecule has 1 aliphatic heterocycles. The lowest BCUT2D eigenvalue weighted by Crippen LogP contribution is -2.42. The summed E-state index contributed by atoms with van der Waals surface area (Å²) < 4.78 is 2.43. The van der Waals surface area contributed by atoms with Gasteiger partial charge in [-0.3, -0.25) is 14.3 Å². The molecule has 0 fully saturated rings. The fourth-order valence-electron chi connectivity index (χ4n) is 2.81. The molecule has 0 amide bonds. The number of pyridine rings is 1. The van der Waals surface area contributed by atoms with E-state index >= 15 is 0 Å². The monoisotopic (exact) mass is 350 g/mol. The van der Waals surface area contributed by atoms with Crippen LogP contribution in [0.25, 0.3) is 6.08 Å².